The Labute approximate surface area is 168 Å². The minimum Gasteiger partial charge on any atom is -0.422 e. The number of nitrogens with zero attached hydrogens (tertiary/aromatic N) is 2. The van der Waals surface area contributed by atoms with Crippen molar-refractivity contribution in [2.75, 3.05) is 10.1 Å². The average Bonchev–Trinajstić information content (AvgIpc) is 3.15. The van der Waals surface area contributed by atoms with Gasteiger partial charge in [-0.1, -0.05) is 48.5 Å². The van der Waals surface area contributed by atoms with E-state index in [1.165, 1.54) is 0 Å². The molecular formula is C24H19N3O2. The molecule has 3 aromatic carbocycles. The molecule has 2 heterocycles. The van der Waals surface area contributed by atoms with E-state index < -0.39 is 0 Å². The SMILES string of the molecule is CC1=CNN(c2ccc3cc(-c4ccccc4)c(=O)oc3c2)N1c1ccccc1. The van der Waals surface area contributed by atoms with Gasteiger partial charge in [0.25, 0.3) is 0 Å². The van der Waals surface area contributed by atoms with Crippen LogP contribution in [0.3, 0.4) is 0 Å². The summed E-state index contributed by atoms with van der Waals surface area (Å²) in [6, 6.07) is 27.4. The number of anilines is 2. The number of benzene rings is 3. The number of fused-ring (bicyclic) bond motifs is 1. The summed E-state index contributed by atoms with van der Waals surface area (Å²) in [4.78, 5) is 12.6. The molecular weight excluding hydrogens is 362 g/mol. The zero-order valence-electron chi connectivity index (χ0n) is 15.9. The summed E-state index contributed by atoms with van der Waals surface area (Å²) in [5.41, 5.74) is 7.84. The Morgan fingerprint density at radius 3 is 2.31 bits per heavy atom. The van der Waals surface area contributed by atoms with Crippen molar-refractivity contribution in [2.24, 2.45) is 0 Å². The Kier molecular flexibility index (Phi) is 4.06. The number of hydrogen-bond acceptors (Lipinski definition) is 5. The van der Waals surface area contributed by atoms with Gasteiger partial charge in [-0.15, -0.1) is 0 Å². The fourth-order valence-corrected chi connectivity index (χ4v) is 3.56. The Bertz CT molecular complexity index is 1260. The Morgan fingerprint density at radius 2 is 1.55 bits per heavy atom. The number of nitrogens with one attached hydrogen (secondary N) is 1. The van der Waals surface area contributed by atoms with Crippen LogP contribution in [0, 0.1) is 0 Å². The summed E-state index contributed by atoms with van der Waals surface area (Å²) < 4.78 is 5.67. The van der Waals surface area contributed by atoms with Crippen LogP contribution in [0.15, 0.2) is 106 Å². The van der Waals surface area contributed by atoms with Crippen molar-refractivity contribution in [3.63, 3.8) is 0 Å². The molecule has 0 saturated heterocycles. The van der Waals surface area contributed by atoms with Gasteiger partial charge in [0, 0.05) is 17.7 Å². The summed E-state index contributed by atoms with van der Waals surface area (Å²) in [5, 5.41) is 4.87. The fourth-order valence-electron chi connectivity index (χ4n) is 3.56. The molecule has 1 aromatic heterocycles. The van der Waals surface area contributed by atoms with E-state index in [1.54, 1.807) is 0 Å². The molecule has 0 amide bonds. The molecule has 1 aliphatic rings. The second-order valence-corrected chi connectivity index (χ2v) is 6.91. The second kappa shape index (κ2) is 6.87. The van der Waals surface area contributed by atoms with Crippen molar-refractivity contribution < 1.29 is 4.42 Å². The first-order valence-electron chi connectivity index (χ1n) is 9.42. The highest BCUT2D eigenvalue weighted by atomic mass is 16.4. The maximum atomic E-state index is 12.6. The van der Waals surface area contributed by atoms with Gasteiger partial charge in [0.05, 0.1) is 22.6 Å². The molecule has 4 aromatic rings. The van der Waals surface area contributed by atoms with Gasteiger partial charge in [-0.2, -0.15) is 5.12 Å². The monoisotopic (exact) mass is 381 g/mol. The van der Waals surface area contributed by atoms with Crippen molar-refractivity contribution in [1.29, 1.82) is 0 Å². The van der Waals surface area contributed by atoms with Crippen LogP contribution in [0.25, 0.3) is 22.1 Å². The largest absolute Gasteiger partial charge is 0.422 e. The lowest BCUT2D eigenvalue weighted by molar-refractivity contribution is 0.563. The van der Waals surface area contributed by atoms with Crippen LogP contribution in [0.5, 0.6) is 0 Å². The molecule has 5 rings (SSSR count). The molecule has 0 radical (unpaired) electrons. The molecule has 0 saturated carbocycles. The third-order valence-corrected chi connectivity index (χ3v) is 4.98. The lowest BCUT2D eigenvalue weighted by Crippen LogP contribution is -2.43. The van der Waals surface area contributed by atoms with Crippen molar-refractivity contribution in [1.82, 2.24) is 5.43 Å². The predicted octanol–water partition coefficient (Wildman–Crippen LogP) is 5.07. The summed E-state index contributed by atoms with van der Waals surface area (Å²) in [6.07, 6.45) is 1.94. The first-order chi connectivity index (χ1) is 14.2. The molecule has 5 heteroatoms. The van der Waals surface area contributed by atoms with Gasteiger partial charge in [-0.05, 0) is 42.8 Å². The standard InChI is InChI=1S/C24H19N3O2/c1-17-16-25-27(26(17)20-10-6-3-7-11-20)21-13-12-19-14-22(18-8-4-2-5-9-18)24(28)29-23(19)15-21/h2-16,25H,1H3. The first-order valence-corrected chi connectivity index (χ1v) is 9.42. The van der Waals surface area contributed by atoms with Crippen LogP contribution >= 0.6 is 0 Å². The van der Waals surface area contributed by atoms with Crippen molar-refractivity contribution in [3.05, 3.63) is 107 Å². The summed E-state index contributed by atoms with van der Waals surface area (Å²) >= 11 is 0. The van der Waals surface area contributed by atoms with Gasteiger partial charge < -0.3 is 4.42 Å². The number of allylic oxidation sites excluding steroid dienone is 1. The van der Waals surface area contributed by atoms with Crippen molar-refractivity contribution in [2.45, 2.75) is 6.92 Å². The lowest BCUT2D eigenvalue weighted by atomic mass is 10.1. The van der Waals surface area contributed by atoms with Crippen LogP contribution < -0.4 is 21.2 Å². The zero-order valence-corrected chi connectivity index (χ0v) is 15.9. The average molecular weight is 381 g/mol. The molecule has 0 atom stereocenters. The molecule has 5 nitrogen and oxygen atoms in total. The van der Waals surface area contributed by atoms with Gasteiger partial charge in [0.2, 0.25) is 0 Å². The van der Waals surface area contributed by atoms with E-state index in [0.717, 1.165) is 28.0 Å². The van der Waals surface area contributed by atoms with E-state index in [-0.39, 0.29) is 5.63 Å². The normalized spacial score (nSPS) is 13.5. The molecule has 142 valence electrons. The van der Waals surface area contributed by atoms with Gasteiger partial charge in [-0.25, -0.2) is 9.80 Å². The number of hydrazine groups is 2. The minimum absolute atomic E-state index is 0.343. The van der Waals surface area contributed by atoms with E-state index in [2.05, 4.69) is 10.4 Å². The number of rotatable bonds is 3. The molecule has 1 N–H and O–H groups in total. The third-order valence-electron chi connectivity index (χ3n) is 4.98. The molecule has 29 heavy (non-hydrogen) atoms. The van der Waals surface area contributed by atoms with E-state index in [4.69, 9.17) is 4.42 Å². The van der Waals surface area contributed by atoms with Crippen molar-refractivity contribution in [3.8, 4) is 11.1 Å². The number of para-hydroxylation sites is 1. The van der Waals surface area contributed by atoms with Gasteiger partial charge in [-0.3, -0.25) is 5.43 Å². The maximum Gasteiger partial charge on any atom is 0.344 e. The molecule has 0 unspecified atom stereocenters. The molecule has 0 aliphatic carbocycles. The smallest absolute Gasteiger partial charge is 0.344 e. The van der Waals surface area contributed by atoms with Crippen LogP contribution in [0.1, 0.15) is 6.92 Å². The quantitative estimate of drug-likeness (QED) is 0.502. The van der Waals surface area contributed by atoms with Crippen LogP contribution in [-0.2, 0) is 0 Å². The van der Waals surface area contributed by atoms with E-state index in [1.807, 2.05) is 103 Å². The summed E-state index contributed by atoms with van der Waals surface area (Å²) in [5.74, 6) is 0. The Morgan fingerprint density at radius 1 is 0.828 bits per heavy atom. The second-order valence-electron chi connectivity index (χ2n) is 6.91. The Hall–Kier alpha value is -3.99. The highest BCUT2D eigenvalue weighted by Gasteiger charge is 2.23. The van der Waals surface area contributed by atoms with Crippen LogP contribution in [0.4, 0.5) is 11.4 Å². The highest BCUT2D eigenvalue weighted by Crippen LogP contribution is 2.30. The molecule has 1 aliphatic heterocycles. The van der Waals surface area contributed by atoms with E-state index >= 15 is 0 Å². The Balaban J connectivity index is 1.56. The topological polar surface area (TPSA) is 48.7 Å². The van der Waals surface area contributed by atoms with Gasteiger partial charge >= 0.3 is 5.63 Å². The van der Waals surface area contributed by atoms with E-state index in [9.17, 15) is 4.79 Å². The number of hydrogen-bond donors (Lipinski definition) is 1. The molecule has 0 spiro atoms. The van der Waals surface area contributed by atoms with Gasteiger partial charge in [0.1, 0.15) is 5.58 Å². The molecule has 0 bridgehead atoms. The zero-order chi connectivity index (χ0) is 19.8. The summed E-state index contributed by atoms with van der Waals surface area (Å²) in [6.45, 7) is 2.04. The van der Waals surface area contributed by atoms with Crippen LogP contribution in [0.2, 0.25) is 0 Å². The fraction of sp³-hybridized carbons (Fsp3) is 0.0417. The van der Waals surface area contributed by atoms with Crippen molar-refractivity contribution >= 4 is 22.3 Å². The predicted molar refractivity (Wildman–Crippen MR) is 116 cm³/mol. The lowest BCUT2D eigenvalue weighted by Gasteiger charge is -2.32. The van der Waals surface area contributed by atoms with Crippen LogP contribution in [-0.4, -0.2) is 0 Å². The minimum atomic E-state index is -0.343. The highest BCUT2D eigenvalue weighted by molar-refractivity contribution is 5.85. The first kappa shape index (κ1) is 17.1. The third kappa shape index (κ3) is 3.02. The van der Waals surface area contributed by atoms with E-state index in [0.29, 0.717) is 11.1 Å². The van der Waals surface area contributed by atoms with Gasteiger partial charge in [0.15, 0.2) is 0 Å². The summed E-state index contributed by atoms with van der Waals surface area (Å²) in [7, 11) is 0. The molecule has 0 fully saturated rings. The maximum absolute atomic E-state index is 12.6.